The molecule has 0 aliphatic carbocycles. The molecule has 1 aliphatic heterocycles. The molecule has 0 aromatic carbocycles. The van der Waals surface area contributed by atoms with E-state index in [1.54, 1.807) is 0 Å². The topological polar surface area (TPSA) is 88.0 Å². The summed E-state index contributed by atoms with van der Waals surface area (Å²) in [4.78, 5) is 27.5. The van der Waals surface area contributed by atoms with Gasteiger partial charge in [0.1, 0.15) is 0 Å². The molecule has 2 N–H and O–H groups in total. The quantitative estimate of drug-likeness (QED) is 0.749. The van der Waals surface area contributed by atoms with Crippen LogP contribution in [0.4, 0.5) is 0 Å². The molecule has 1 heterocycles. The highest BCUT2D eigenvalue weighted by Gasteiger charge is 2.35. The monoisotopic (exact) mass is 256 g/mol. The van der Waals surface area contributed by atoms with E-state index in [1.807, 2.05) is 20.8 Å². The molecular formula is C12H20N2O4. The van der Waals surface area contributed by atoms with Crippen molar-refractivity contribution in [3.05, 3.63) is 0 Å². The van der Waals surface area contributed by atoms with Gasteiger partial charge in [-0.15, -0.1) is 0 Å². The molecule has 0 radical (unpaired) electrons. The highest BCUT2D eigenvalue weighted by molar-refractivity contribution is 6.36. The van der Waals surface area contributed by atoms with Crippen LogP contribution in [0.1, 0.15) is 46.5 Å². The van der Waals surface area contributed by atoms with E-state index in [9.17, 15) is 9.59 Å². The Morgan fingerprint density at radius 3 is 2.33 bits per heavy atom. The number of carbonyl (C=O) groups is 2. The second-order valence-corrected chi connectivity index (χ2v) is 4.47. The Bertz CT molecular complexity index is 353. The Kier molecular flexibility index (Phi) is 4.69. The predicted octanol–water partition coefficient (Wildman–Crippen LogP) is 1.30. The Morgan fingerprint density at radius 2 is 1.94 bits per heavy atom. The molecule has 1 rings (SSSR count). The van der Waals surface area contributed by atoms with Crippen LogP contribution in [0.2, 0.25) is 0 Å². The normalized spacial score (nSPS) is 19.1. The Labute approximate surface area is 106 Å². The van der Waals surface area contributed by atoms with Crippen molar-refractivity contribution in [1.29, 1.82) is 0 Å². The molecule has 1 unspecified atom stereocenters. The number of rotatable bonds is 6. The van der Waals surface area contributed by atoms with Crippen LogP contribution >= 0.6 is 0 Å². The van der Waals surface area contributed by atoms with Gasteiger partial charge in [0.25, 0.3) is 5.91 Å². The lowest BCUT2D eigenvalue weighted by Crippen LogP contribution is -2.50. The molecule has 0 bridgehead atoms. The number of nitrogens with one attached hydrogen (secondary N) is 1. The van der Waals surface area contributed by atoms with Crippen molar-refractivity contribution in [1.82, 2.24) is 5.32 Å². The predicted molar refractivity (Wildman–Crippen MR) is 66.3 cm³/mol. The molecule has 0 spiro atoms. The van der Waals surface area contributed by atoms with Crippen molar-refractivity contribution in [3.8, 4) is 0 Å². The average molecular weight is 256 g/mol. The molecule has 0 aromatic rings. The number of hydrogen-bond acceptors (Lipinski definition) is 4. The molecule has 1 amide bonds. The van der Waals surface area contributed by atoms with Gasteiger partial charge in [-0.05, 0) is 19.3 Å². The van der Waals surface area contributed by atoms with Crippen LogP contribution in [-0.2, 0) is 14.4 Å². The minimum absolute atomic E-state index is 0.0222. The summed E-state index contributed by atoms with van der Waals surface area (Å²) >= 11 is 0. The maximum absolute atomic E-state index is 12.0. The van der Waals surface area contributed by atoms with Crippen LogP contribution in [0.3, 0.4) is 0 Å². The smallest absolute Gasteiger partial charge is 0.353 e. The summed E-state index contributed by atoms with van der Waals surface area (Å²) in [5.74, 6) is -1.43. The second-order valence-electron chi connectivity index (χ2n) is 4.47. The van der Waals surface area contributed by atoms with E-state index >= 15 is 0 Å². The fraction of sp³-hybridized carbons (Fsp3) is 0.750. The van der Waals surface area contributed by atoms with E-state index in [-0.39, 0.29) is 23.6 Å². The zero-order chi connectivity index (χ0) is 13.8. The first-order valence-electron chi connectivity index (χ1n) is 6.26. The summed E-state index contributed by atoms with van der Waals surface area (Å²) < 4.78 is 0. The second kappa shape index (κ2) is 5.84. The number of carboxylic acids is 1. The van der Waals surface area contributed by atoms with Gasteiger partial charge in [-0.1, -0.05) is 25.9 Å². The van der Waals surface area contributed by atoms with E-state index in [2.05, 4.69) is 10.5 Å². The van der Waals surface area contributed by atoms with Crippen molar-refractivity contribution in [2.45, 2.75) is 58.1 Å². The third kappa shape index (κ3) is 3.00. The Balaban J connectivity index is 2.60. The van der Waals surface area contributed by atoms with Gasteiger partial charge in [0.15, 0.2) is 5.71 Å². The van der Waals surface area contributed by atoms with E-state index in [0.29, 0.717) is 0 Å². The number of amides is 1. The SMILES string of the molecule is CCC(CC)(CC)NC(=O)C1CC(C(=O)O)=NO1. The number of nitrogens with zero attached hydrogens (tertiary/aromatic N) is 1. The highest BCUT2D eigenvalue weighted by Crippen LogP contribution is 2.21. The standard InChI is InChI=1S/C12H20N2O4/c1-4-12(5-2,6-3)13-10(15)9-7-8(11(16)17)14-18-9/h9H,4-7H2,1-3H3,(H,13,15)(H,16,17). The van der Waals surface area contributed by atoms with Gasteiger partial charge >= 0.3 is 5.97 Å². The van der Waals surface area contributed by atoms with Crippen molar-refractivity contribution in [2.75, 3.05) is 0 Å². The van der Waals surface area contributed by atoms with E-state index < -0.39 is 12.1 Å². The zero-order valence-electron chi connectivity index (χ0n) is 11.0. The van der Waals surface area contributed by atoms with Crippen molar-refractivity contribution in [3.63, 3.8) is 0 Å². The number of oxime groups is 1. The van der Waals surface area contributed by atoms with Crippen LogP contribution in [0.25, 0.3) is 0 Å². The summed E-state index contributed by atoms with van der Waals surface area (Å²) in [5, 5.41) is 15.1. The van der Waals surface area contributed by atoms with Gasteiger partial charge in [0.2, 0.25) is 6.10 Å². The molecule has 0 aromatic heterocycles. The first-order valence-corrected chi connectivity index (χ1v) is 6.26. The molecule has 0 fully saturated rings. The molecule has 18 heavy (non-hydrogen) atoms. The zero-order valence-corrected chi connectivity index (χ0v) is 11.0. The molecule has 6 nitrogen and oxygen atoms in total. The number of carboxylic acid groups (broad SMARTS) is 1. The fourth-order valence-corrected chi connectivity index (χ4v) is 2.00. The van der Waals surface area contributed by atoms with Gasteiger partial charge in [0.05, 0.1) is 0 Å². The lowest BCUT2D eigenvalue weighted by atomic mass is 9.89. The number of carbonyl (C=O) groups excluding carboxylic acids is 1. The average Bonchev–Trinajstić information content (AvgIpc) is 2.86. The van der Waals surface area contributed by atoms with Gasteiger partial charge in [-0.2, -0.15) is 0 Å². The summed E-state index contributed by atoms with van der Waals surface area (Å²) in [7, 11) is 0. The molecule has 0 saturated heterocycles. The lowest BCUT2D eigenvalue weighted by Gasteiger charge is -2.32. The molecule has 0 saturated carbocycles. The van der Waals surface area contributed by atoms with Crippen LogP contribution in [0, 0.1) is 0 Å². The Hall–Kier alpha value is -1.59. The van der Waals surface area contributed by atoms with Crippen molar-refractivity contribution >= 4 is 17.6 Å². The summed E-state index contributed by atoms with van der Waals surface area (Å²) in [6.07, 6.45) is 1.68. The van der Waals surface area contributed by atoms with Crippen LogP contribution in [0.5, 0.6) is 0 Å². The minimum atomic E-state index is -1.14. The van der Waals surface area contributed by atoms with Crippen molar-refractivity contribution in [2.24, 2.45) is 5.16 Å². The molecule has 1 atom stereocenters. The Morgan fingerprint density at radius 1 is 1.39 bits per heavy atom. The maximum Gasteiger partial charge on any atom is 0.353 e. The van der Waals surface area contributed by atoms with Crippen LogP contribution in [0.15, 0.2) is 5.16 Å². The highest BCUT2D eigenvalue weighted by atomic mass is 16.6. The van der Waals surface area contributed by atoms with Gasteiger partial charge in [0, 0.05) is 12.0 Å². The van der Waals surface area contributed by atoms with E-state index in [0.717, 1.165) is 19.3 Å². The van der Waals surface area contributed by atoms with Gasteiger partial charge < -0.3 is 15.3 Å². The molecule has 6 heteroatoms. The van der Waals surface area contributed by atoms with Gasteiger partial charge in [-0.3, -0.25) is 4.79 Å². The lowest BCUT2D eigenvalue weighted by molar-refractivity contribution is -0.133. The van der Waals surface area contributed by atoms with Crippen LogP contribution in [-0.4, -0.2) is 34.3 Å². The third-order valence-corrected chi connectivity index (χ3v) is 3.63. The summed E-state index contributed by atoms with van der Waals surface area (Å²) in [6, 6.07) is 0. The largest absolute Gasteiger partial charge is 0.477 e. The van der Waals surface area contributed by atoms with E-state index in [4.69, 9.17) is 9.94 Å². The third-order valence-electron chi connectivity index (χ3n) is 3.63. The first-order chi connectivity index (χ1) is 8.48. The molecule has 102 valence electrons. The van der Waals surface area contributed by atoms with E-state index in [1.165, 1.54) is 0 Å². The minimum Gasteiger partial charge on any atom is -0.477 e. The molecule has 1 aliphatic rings. The number of hydrogen-bond donors (Lipinski definition) is 2. The summed E-state index contributed by atoms with van der Waals surface area (Å²) in [6.45, 7) is 6.05. The van der Waals surface area contributed by atoms with Gasteiger partial charge in [-0.25, -0.2) is 4.79 Å². The summed E-state index contributed by atoms with van der Waals surface area (Å²) in [5.41, 5.74) is -0.350. The fourth-order valence-electron chi connectivity index (χ4n) is 2.00. The first kappa shape index (κ1) is 14.5. The maximum atomic E-state index is 12.0. The van der Waals surface area contributed by atoms with Crippen molar-refractivity contribution < 1.29 is 19.5 Å². The van der Waals surface area contributed by atoms with Crippen LogP contribution < -0.4 is 5.32 Å². The molecular weight excluding hydrogens is 236 g/mol. The number of aliphatic carboxylic acids is 1.